The first-order valence-electron chi connectivity index (χ1n) is 11.4. The summed E-state index contributed by atoms with van der Waals surface area (Å²) in [7, 11) is 0. The number of pyridine rings is 1. The van der Waals surface area contributed by atoms with Crippen LogP contribution in [0.1, 0.15) is 51.5 Å². The molecule has 160 valence electrons. The maximum Gasteiger partial charge on any atom is 0.170 e. The lowest BCUT2D eigenvalue weighted by molar-refractivity contribution is 0.355. The van der Waals surface area contributed by atoms with Crippen LogP contribution in [0, 0.1) is 11.8 Å². The van der Waals surface area contributed by atoms with Crippen molar-refractivity contribution in [2.45, 2.75) is 51.4 Å². The van der Waals surface area contributed by atoms with E-state index < -0.39 is 0 Å². The summed E-state index contributed by atoms with van der Waals surface area (Å²) in [6.07, 6.45) is 8.22. The van der Waals surface area contributed by atoms with Gasteiger partial charge in [0.25, 0.3) is 0 Å². The molecule has 1 saturated carbocycles. The van der Waals surface area contributed by atoms with Crippen LogP contribution in [-0.4, -0.2) is 29.7 Å². The first-order valence-corrected chi connectivity index (χ1v) is 11.8. The van der Waals surface area contributed by atoms with Crippen molar-refractivity contribution in [2.24, 2.45) is 11.8 Å². The lowest BCUT2D eigenvalue weighted by Gasteiger charge is -2.35. The summed E-state index contributed by atoms with van der Waals surface area (Å²) in [4.78, 5) is 7.10. The number of benzene rings is 1. The quantitative estimate of drug-likeness (QED) is 0.635. The molecule has 0 spiro atoms. The number of hydrogen-bond acceptors (Lipinski definition) is 3. The third-order valence-electron chi connectivity index (χ3n) is 6.73. The number of nitrogens with zero attached hydrogens (tertiary/aromatic N) is 2. The van der Waals surface area contributed by atoms with Gasteiger partial charge in [-0.15, -0.1) is 0 Å². The van der Waals surface area contributed by atoms with Gasteiger partial charge in [0, 0.05) is 25.0 Å². The lowest BCUT2D eigenvalue weighted by atomic mass is 9.79. The van der Waals surface area contributed by atoms with Crippen LogP contribution in [0.5, 0.6) is 0 Å². The Morgan fingerprint density at radius 1 is 1.07 bits per heavy atom. The molecule has 30 heavy (non-hydrogen) atoms. The van der Waals surface area contributed by atoms with E-state index in [2.05, 4.69) is 71.8 Å². The Kier molecular flexibility index (Phi) is 6.57. The van der Waals surface area contributed by atoms with Gasteiger partial charge in [-0.2, -0.15) is 0 Å². The van der Waals surface area contributed by atoms with Gasteiger partial charge in [0.05, 0.1) is 11.9 Å². The van der Waals surface area contributed by atoms with E-state index in [1.165, 1.54) is 37.7 Å². The third-order valence-corrected chi connectivity index (χ3v) is 6.98. The first kappa shape index (κ1) is 21.1. The average molecular weight is 423 g/mol. The highest BCUT2D eigenvalue weighted by Gasteiger charge is 2.35. The molecule has 0 amide bonds. The zero-order valence-corrected chi connectivity index (χ0v) is 19.0. The van der Waals surface area contributed by atoms with Crippen LogP contribution in [-0.2, 0) is 5.41 Å². The molecule has 1 aliphatic carbocycles. The van der Waals surface area contributed by atoms with Gasteiger partial charge in [-0.3, -0.25) is 0 Å². The first-order chi connectivity index (χ1) is 14.5. The highest BCUT2D eigenvalue weighted by Crippen LogP contribution is 2.40. The standard InChI is InChI=1S/C25H34N4S/c1-19-14-20(2)17-29(16-19)23-11-10-22(15-26-23)28-24(30)27-18-25(12-6-7-13-25)21-8-4-3-5-9-21/h3-5,8-11,15,19-20H,6-7,12-14,16-18H2,1-2H3,(H2,27,28,30)/t19-,20-/m0/s1. The van der Waals surface area contributed by atoms with Crippen LogP contribution in [0.4, 0.5) is 11.5 Å². The van der Waals surface area contributed by atoms with Gasteiger partial charge in [-0.1, -0.05) is 57.0 Å². The summed E-state index contributed by atoms with van der Waals surface area (Å²) in [6, 6.07) is 15.1. The second kappa shape index (κ2) is 9.34. The fourth-order valence-corrected chi connectivity index (χ4v) is 5.52. The topological polar surface area (TPSA) is 40.2 Å². The van der Waals surface area contributed by atoms with E-state index in [1.54, 1.807) is 0 Å². The van der Waals surface area contributed by atoms with Gasteiger partial charge in [-0.05, 0) is 61.0 Å². The molecule has 1 aromatic heterocycles. The summed E-state index contributed by atoms with van der Waals surface area (Å²) < 4.78 is 0. The second-order valence-corrected chi connectivity index (χ2v) is 9.83. The highest BCUT2D eigenvalue weighted by atomic mass is 32.1. The number of piperidine rings is 1. The average Bonchev–Trinajstić information content (AvgIpc) is 3.23. The molecule has 2 atom stereocenters. The Hall–Kier alpha value is -2.14. The molecule has 2 fully saturated rings. The number of rotatable bonds is 5. The summed E-state index contributed by atoms with van der Waals surface area (Å²) in [5.41, 5.74) is 2.56. The van der Waals surface area contributed by atoms with E-state index in [9.17, 15) is 0 Å². The molecule has 5 heteroatoms. The van der Waals surface area contributed by atoms with Gasteiger partial charge in [0.2, 0.25) is 0 Å². The van der Waals surface area contributed by atoms with Crippen LogP contribution in [0.3, 0.4) is 0 Å². The van der Waals surface area contributed by atoms with E-state index in [0.717, 1.165) is 43.0 Å². The lowest BCUT2D eigenvalue weighted by Crippen LogP contribution is -2.40. The summed E-state index contributed by atoms with van der Waals surface area (Å²) >= 11 is 5.60. The van der Waals surface area contributed by atoms with Gasteiger partial charge < -0.3 is 15.5 Å². The van der Waals surface area contributed by atoms with Gasteiger partial charge in [0.15, 0.2) is 5.11 Å². The Morgan fingerprint density at radius 3 is 2.40 bits per heavy atom. The summed E-state index contributed by atoms with van der Waals surface area (Å²) in [5.74, 6) is 2.50. The molecule has 2 heterocycles. The second-order valence-electron chi connectivity index (χ2n) is 9.42. The molecule has 2 aromatic rings. The largest absolute Gasteiger partial charge is 0.362 e. The van der Waals surface area contributed by atoms with Gasteiger partial charge >= 0.3 is 0 Å². The van der Waals surface area contributed by atoms with Crippen LogP contribution in [0.15, 0.2) is 48.7 Å². The Bertz CT molecular complexity index is 820. The van der Waals surface area contributed by atoms with Gasteiger partial charge in [-0.25, -0.2) is 4.98 Å². The molecule has 1 aromatic carbocycles. The van der Waals surface area contributed by atoms with Crippen LogP contribution < -0.4 is 15.5 Å². The summed E-state index contributed by atoms with van der Waals surface area (Å²) in [5, 5.41) is 7.48. The molecule has 0 radical (unpaired) electrons. The Morgan fingerprint density at radius 2 is 1.77 bits per heavy atom. The molecule has 2 aliphatic rings. The van der Waals surface area contributed by atoms with Crippen LogP contribution >= 0.6 is 12.2 Å². The number of hydrogen-bond donors (Lipinski definition) is 2. The van der Waals surface area contributed by atoms with Crippen molar-refractivity contribution in [3.63, 3.8) is 0 Å². The molecule has 4 nitrogen and oxygen atoms in total. The molecule has 0 unspecified atom stereocenters. The van der Waals surface area contributed by atoms with E-state index in [0.29, 0.717) is 5.11 Å². The zero-order chi connectivity index (χ0) is 21.0. The predicted octanol–water partition coefficient (Wildman–Crippen LogP) is 5.36. The smallest absolute Gasteiger partial charge is 0.170 e. The van der Waals surface area contributed by atoms with E-state index >= 15 is 0 Å². The number of anilines is 2. The fourth-order valence-electron chi connectivity index (χ4n) is 5.33. The molecule has 1 aliphatic heterocycles. The van der Waals surface area contributed by atoms with Crippen molar-refractivity contribution in [1.29, 1.82) is 0 Å². The van der Waals surface area contributed by atoms with Crippen LogP contribution in [0.2, 0.25) is 0 Å². The van der Waals surface area contributed by atoms with Gasteiger partial charge in [0.1, 0.15) is 5.82 Å². The van der Waals surface area contributed by atoms with Crippen molar-refractivity contribution in [2.75, 3.05) is 29.9 Å². The molecular weight excluding hydrogens is 388 g/mol. The maximum absolute atomic E-state index is 5.60. The van der Waals surface area contributed by atoms with Crippen molar-refractivity contribution in [3.8, 4) is 0 Å². The van der Waals surface area contributed by atoms with E-state index in [1.807, 2.05) is 6.20 Å². The number of nitrogens with one attached hydrogen (secondary N) is 2. The van der Waals surface area contributed by atoms with E-state index in [-0.39, 0.29) is 5.41 Å². The van der Waals surface area contributed by atoms with Crippen molar-refractivity contribution in [3.05, 3.63) is 54.2 Å². The third kappa shape index (κ3) is 4.94. The Labute approximate surface area is 186 Å². The van der Waals surface area contributed by atoms with Crippen molar-refractivity contribution in [1.82, 2.24) is 10.3 Å². The minimum atomic E-state index is 0.191. The maximum atomic E-state index is 5.60. The summed E-state index contributed by atoms with van der Waals surface area (Å²) in [6.45, 7) is 7.71. The minimum absolute atomic E-state index is 0.191. The molecule has 2 N–H and O–H groups in total. The van der Waals surface area contributed by atoms with Crippen molar-refractivity contribution >= 4 is 28.8 Å². The van der Waals surface area contributed by atoms with Crippen molar-refractivity contribution < 1.29 is 0 Å². The molecular formula is C25H34N4S. The molecule has 0 bridgehead atoms. The monoisotopic (exact) mass is 422 g/mol. The molecule has 4 rings (SSSR count). The SMILES string of the molecule is C[C@H]1C[C@H](C)CN(c2ccc(NC(=S)NCC3(c4ccccc4)CCCC3)cn2)C1. The number of thiocarbonyl (C=S) groups is 1. The molecule has 1 saturated heterocycles. The fraction of sp³-hybridized carbons (Fsp3) is 0.520. The van der Waals surface area contributed by atoms with Crippen LogP contribution in [0.25, 0.3) is 0 Å². The zero-order valence-electron chi connectivity index (χ0n) is 18.2. The number of aromatic nitrogens is 1. The van der Waals surface area contributed by atoms with E-state index in [4.69, 9.17) is 17.2 Å². The predicted molar refractivity (Wildman–Crippen MR) is 130 cm³/mol. The normalized spacial score (nSPS) is 23.2. The minimum Gasteiger partial charge on any atom is -0.362 e. The Balaban J connectivity index is 1.34. The highest BCUT2D eigenvalue weighted by molar-refractivity contribution is 7.80.